The predicted molar refractivity (Wildman–Crippen MR) is 109 cm³/mol. The summed E-state index contributed by atoms with van der Waals surface area (Å²) in [6.45, 7) is 2.33. The van der Waals surface area contributed by atoms with Gasteiger partial charge in [-0.15, -0.1) is 0 Å². The Hall–Kier alpha value is 0.0400. The van der Waals surface area contributed by atoms with E-state index >= 15 is 0 Å². The molecule has 0 spiro atoms. The van der Waals surface area contributed by atoms with Crippen LogP contribution in [0, 0.1) is 0 Å². The molecule has 0 aliphatic carbocycles. The summed E-state index contributed by atoms with van der Waals surface area (Å²) in [5.41, 5.74) is 0. The van der Waals surface area contributed by atoms with E-state index in [0.717, 1.165) is 0 Å². The fourth-order valence-corrected chi connectivity index (χ4v) is 6.18. The molecule has 1 fully saturated rings. The number of aliphatic hydroxyl groups excluding tert-OH is 2. The third kappa shape index (κ3) is 11.9. The van der Waals surface area contributed by atoms with E-state index in [1.165, 1.54) is 0 Å². The average Bonchev–Trinajstić information content (AvgIpc) is 2.72. The van der Waals surface area contributed by atoms with Crippen LogP contribution in [-0.2, 0) is 13.9 Å². The van der Waals surface area contributed by atoms with Crippen molar-refractivity contribution in [2.45, 2.75) is 6.42 Å². The lowest BCUT2D eigenvalue weighted by atomic mass is 10.5. The number of carboxylic acid groups (broad SMARTS) is 1. The predicted octanol–water partition coefficient (Wildman–Crippen LogP) is -0.917. The highest BCUT2D eigenvalue weighted by molar-refractivity contribution is 7.57. The van der Waals surface area contributed by atoms with E-state index in [-0.39, 0.29) is 31.4 Å². The Morgan fingerprint density at radius 1 is 0.828 bits per heavy atom. The second-order valence-electron chi connectivity index (χ2n) is 7.13. The molecular weight excluding hydrogens is 447 g/mol. The van der Waals surface area contributed by atoms with E-state index in [1.807, 2.05) is 4.90 Å². The van der Waals surface area contributed by atoms with E-state index in [1.54, 1.807) is 9.80 Å². The Morgan fingerprint density at radius 2 is 1.21 bits per heavy atom. The van der Waals surface area contributed by atoms with Gasteiger partial charge < -0.3 is 30.0 Å². The molecule has 0 saturated carbocycles. The van der Waals surface area contributed by atoms with Gasteiger partial charge in [0.05, 0.1) is 19.0 Å². The lowest BCUT2D eigenvalue weighted by molar-refractivity contribution is -0.136. The quantitative estimate of drug-likeness (QED) is 0.201. The summed E-state index contributed by atoms with van der Waals surface area (Å²) in [4.78, 5) is 45.6. The molecule has 1 saturated heterocycles. The average molecular weight is 479 g/mol. The molecule has 1 aliphatic rings. The molecule has 0 radical (unpaired) electrons. The zero-order valence-corrected chi connectivity index (χ0v) is 19.0. The Balaban J connectivity index is 2.83. The maximum atomic E-state index is 11.9. The normalized spacial score (nSPS) is 23.3. The van der Waals surface area contributed by atoms with Crippen molar-refractivity contribution in [1.29, 1.82) is 0 Å². The largest absolute Gasteiger partial charge is 0.481 e. The van der Waals surface area contributed by atoms with Crippen LogP contribution >= 0.6 is 22.9 Å². The van der Waals surface area contributed by atoms with Gasteiger partial charge in [-0.25, -0.2) is 0 Å². The molecule has 0 aromatic heterocycles. The van der Waals surface area contributed by atoms with E-state index in [0.29, 0.717) is 39.3 Å². The smallest absolute Gasteiger partial charge is 0.303 e. The fraction of sp³-hybridized carbons (Fsp3) is 0.929. The first-order chi connectivity index (χ1) is 13.5. The van der Waals surface area contributed by atoms with Gasteiger partial charge in [-0.05, 0) is 0 Å². The van der Waals surface area contributed by atoms with Crippen LogP contribution in [0.4, 0.5) is 0 Å². The van der Waals surface area contributed by atoms with Gasteiger partial charge in [-0.3, -0.25) is 28.6 Å². The zero-order chi connectivity index (χ0) is 22.1. The van der Waals surface area contributed by atoms with Gasteiger partial charge in [0.2, 0.25) is 14.7 Å². The Bertz CT molecular complexity index is 574. The van der Waals surface area contributed by atoms with Crippen LogP contribution in [0.3, 0.4) is 0 Å². The Labute approximate surface area is 171 Å². The van der Waals surface area contributed by atoms with Crippen molar-refractivity contribution in [3.63, 3.8) is 0 Å². The second kappa shape index (κ2) is 12.8. The molecule has 0 aromatic carbocycles. The van der Waals surface area contributed by atoms with Gasteiger partial charge in [0.15, 0.2) is 0 Å². The standard InChI is InChI=1S/C14H32N3O9P3/c18-12-28(23,24)10-16-4-2-15(9-27(22)8-1-14(20)21)3-5-17(7-6-16)11-29(25,26)13-19/h18-19,22H,1-13H2,(H,20,21)(H,23,24)(H,25,26). The van der Waals surface area contributed by atoms with Crippen molar-refractivity contribution in [3.8, 4) is 0 Å². The number of carboxylic acids is 1. The van der Waals surface area contributed by atoms with Crippen LogP contribution in [0.15, 0.2) is 0 Å². The maximum absolute atomic E-state index is 11.9. The lowest BCUT2D eigenvalue weighted by Gasteiger charge is -2.27. The summed E-state index contributed by atoms with van der Waals surface area (Å²) in [7, 11) is -9.00. The van der Waals surface area contributed by atoms with Crippen molar-refractivity contribution >= 4 is 28.9 Å². The van der Waals surface area contributed by atoms with E-state index < -0.39 is 41.6 Å². The van der Waals surface area contributed by atoms with E-state index in [9.17, 15) is 28.6 Å². The van der Waals surface area contributed by atoms with Crippen LogP contribution in [-0.4, -0.2) is 128 Å². The lowest BCUT2D eigenvalue weighted by Crippen LogP contribution is -2.37. The number of hydrogen-bond donors (Lipinski definition) is 6. The van der Waals surface area contributed by atoms with Gasteiger partial charge >= 0.3 is 5.97 Å². The van der Waals surface area contributed by atoms with Crippen LogP contribution in [0.1, 0.15) is 6.42 Å². The van der Waals surface area contributed by atoms with Crippen LogP contribution in [0.2, 0.25) is 0 Å². The molecule has 3 atom stereocenters. The molecule has 0 bridgehead atoms. The third-order valence-electron chi connectivity index (χ3n) is 4.43. The van der Waals surface area contributed by atoms with E-state index in [2.05, 4.69) is 0 Å². The van der Waals surface area contributed by atoms with Gasteiger partial charge in [0, 0.05) is 59.9 Å². The molecule has 172 valence electrons. The summed E-state index contributed by atoms with van der Waals surface area (Å²) in [6, 6.07) is 0. The fourth-order valence-electron chi connectivity index (χ4n) is 2.85. The van der Waals surface area contributed by atoms with Gasteiger partial charge in [0.1, 0.15) is 12.7 Å². The minimum absolute atomic E-state index is 0.136. The summed E-state index contributed by atoms with van der Waals surface area (Å²) in [6.07, 6.45) is -1.86. The minimum Gasteiger partial charge on any atom is -0.481 e. The summed E-state index contributed by atoms with van der Waals surface area (Å²) >= 11 is 0. The summed E-state index contributed by atoms with van der Waals surface area (Å²) < 4.78 is 23.9. The maximum Gasteiger partial charge on any atom is 0.303 e. The van der Waals surface area contributed by atoms with Crippen LogP contribution in [0.5, 0.6) is 0 Å². The number of aliphatic carboxylic acids is 1. The molecule has 12 nitrogen and oxygen atoms in total. The van der Waals surface area contributed by atoms with E-state index in [4.69, 9.17) is 15.3 Å². The molecule has 15 heteroatoms. The van der Waals surface area contributed by atoms with Crippen LogP contribution < -0.4 is 0 Å². The highest BCUT2D eigenvalue weighted by Gasteiger charge is 2.27. The summed E-state index contributed by atoms with van der Waals surface area (Å²) in [5.74, 6) is -0.987. The summed E-state index contributed by atoms with van der Waals surface area (Å²) in [5, 5.41) is 26.9. The van der Waals surface area contributed by atoms with Crippen molar-refractivity contribution in [2.75, 3.05) is 77.0 Å². The number of aliphatic hydroxyl groups is 2. The highest BCUT2D eigenvalue weighted by atomic mass is 31.2. The SMILES string of the molecule is O=C(O)CCP(O)CN1CCN(CP(=O)(O)CO)CCN(CP(=O)(O)CO)CC1. The van der Waals surface area contributed by atoms with Gasteiger partial charge in [-0.1, -0.05) is 0 Å². The second-order valence-corrected chi connectivity index (χ2v) is 13.4. The van der Waals surface area contributed by atoms with Gasteiger partial charge in [-0.2, -0.15) is 0 Å². The highest BCUT2D eigenvalue weighted by Crippen LogP contribution is 2.41. The number of carbonyl (C=O) groups is 1. The topological polar surface area (TPSA) is 182 Å². The number of nitrogens with zero attached hydrogens (tertiary/aromatic N) is 3. The molecule has 6 N–H and O–H groups in total. The van der Waals surface area contributed by atoms with Gasteiger partial charge in [0.25, 0.3) is 0 Å². The molecule has 1 heterocycles. The number of hydrogen-bond acceptors (Lipinski definition) is 9. The molecule has 1 aliphatic heterocycles. The first-order valence-corrected chi connectivity index (χ1v) is 14.8. The third-order valence-corrected chi connectivity index (χ3v) is 8.46. The monoisotopic (exact) mass is 479 g/mol. The first-order valence-electron chi connectivity index (χ1n) is 9.12. The Morgan fingerprint density at radius 3 is 1.55 bits per heavy atom. The van der Waals surface area contributed by atoms with Crippen molar-refractivity contribution in [3.05, 3.63) is 0 Å². The molecule has 1 rings (SSSR count). The number of rotatable bonds is 11. The Kier molecular flexibility index (Phi) is 11.9. The minimum atomic E-state index is -3.74. The van der Waals surface area contributed by atoms with Crippen molar-refractivity contribution < 1.29 is 43.9 Å². The molecule has 3 unspecified atom stereocenters. The molecule has 29 heavy (non-hydrogen) atoms. The molecule has 0 amide bonds. The zero-order valence-electron chi connectivity index (χ0n) is 16.3. The van der Waals surface area contributed by atoms with Crippen LogP contribution in [0.25, 0.3) is 0 Å². The van der Waals surface area contributed by atoms with Crippen molar-refractivity contribution in [2.24, 2.45) is 0 Å². The molecule has 0 aromatic rings. The first kappa shape index (κ1) is 27.1. The van der Waals surface area contributed by atoms with Crippen molar-refractivity contribution in [1.82, 2.24) is 14.7 Å². The molecular formula is C14H32N3O9P3.